The lowest BCUT2D eigenvalue weighted by Crippen LogP contribution is -2.36. The van der Waals surface area contributed by atoms with Crippen molar-refractivity contribution < 1.29 is 4.74 Å². The lowest BCUT2D eigenvalue weighted by atomic mass is 10.2. The number of hydrogen-bond acceptors (Lipinski definition) is 5. The second-order valence-corrected chi connectivity index (χ2v) is 5.48. The molecule has 0 bridgehead atoms. The van der Waals surface area contributed by atoms with E-state index in [0.717, 1.165) is 31.0 Å². The molecule has 1 atom stereocenters. The highest BCUT2D eigenvalue weighted by Crippen LogP contribution is 2.19. The molecule has 1 unspecified atom stereocenters. The summed E-state index contributed by atoms with van der Waals surface area (Å²) in [5.41, 5.74) is 1.01. The van der Waals surface area contributed by atoms with E-state index in [1.807, 2.05) is 0 Å². The second-order valence-electron chi connectivity index (χ2n) is 5.48. The van der Waals surface area contributed by atoms with Gasteiger partial charge in [0, 0.05) is 32.3 Å². The van der Waals surface area contributed by atoms with Crippen LogP contribution in [0.4, 0.5) is 5.82 Å². The van der Waals surface area contributed by atoms with Crippen LogP contribution in [-0.2, 0) is 11.3 Å². The number of rotatable bonds is 9. The summed E-state index contributed by atoms with van der Waals surface area (Å²) in [6.07, 6.45) is 3.67. The maximum absolute atomic E-state index is 5.18. The zero-order chi connectivity index (χ0) is 14.4. The molecule has 1 aliphatic carbocycles. The van der Waals surface area contributed by atoms with Crippen molar-refractivity contribution in [2.45, 2.75) is 51.7 Å². The highest BCUT2D eigenvalue weighted by atomic mass is 16.5. The zero-order valence-electron chi connectivity index (χ0n) is 12.8. The topological polar surface area (TPSA) is 50.3 Å². The van der Waals surface area contributed by atoms with Crippen molar-refractivity contribution in [3.8, 4) is 0 Å². The molecule has 1 heterocycles. The molecule has 2 rings (SSSR count). The van der Waals surface area contributed by atoms with Crippen LogP contribution < -0.4 is 10.2 Å². The number of nitrogens with zero attached hydrogens (tertiary/aromatic N) is 3. The molecule has 0 spiro atoms. The van der Waals surface area contributed by atoms with Gasteiger partial charge in [-0.05, 0) is 38.3 Å². The van der Waals surface area contributed by atoms with Crippen LogP contribution >= 0.6 is 0 Å². The van der Waals surface area contributed by atoms with E-state index in [4.69, 9.17) is 4.74 Å². The Labute approximate surface area is 121 Å². The van der Waals surface area contributed by atoms with Gasteiger partial charge in [-0.15, -0.1) is 5.10 Å². The molecule has 1 saturated carbocycles. The Bertz CT molecular complexity index is 391. The Hall–Kier alpha value is -1.20. The minimum atomic E-state index is 0.440. The van der Waals surface area contributed by atoms with Gasteiger partial charge >= 0.3 is 0 Å². The fourth-order valence-electron chi connectivity index (χ4n) is 2.11. The van der Waals surface area contributed by atoms with Gasteiger partial charge in [0.2, 0.25) is 0 Å². The first-order valence-electron chi connectivity index (χ1n) is 7.56. The average molecular weight is 278 g/mol. The Kier molecular flexibility index (Phi) is 5.73. The molecule has 1 aromatic heterocycles. The van der Waals surface area contributed by atoms with Crippen LogP contribution in [0.15, 0.2) is 12.1 Å². The van der Waals surface area contributed by atoms with Crippen molar-refractivity contribution in [2.24, 2.45) is 0 Å². The van der Waals surface area contributed by atoms with Crippen LogP contribution in [0.1, 0.15) is 38.8 Å². The van der Waals surface area contributed by atoms with Gasteiger partial charge in [0.05, 0.1) is 12.3 Å². The fourth-order valence-corrected chi connectivity index (χ4v) is 2.11. The number of ether oxygens (including phenoxy) is 1. The van der Waals surface area contributed by atoms with Crippen LogP contribution in [0.5, 0.6) is 0 Å². The van der Waals surface area contributed by atoms with Crippen molar-refractivity contribution in [3.05, 3.63) is 17.8 Å². The van der Waals surface area contributed by atoms with Gasteiger partial charge in [-0.1, -0.05) is 6.92 Å². The molecule has 1 aromatic rings. The Balaban J connectivity index is 1.96. The zero-order valence-corrected chi connectivity index (χ0v) is 12.8. The minimum absolute atomic E-state index is 0.440. The summed E-state index contributed by atoms with van der Waals surface area (Å²) in [7, 11) is 1.73. The maximum atomic E-state index is 5.18. The lowest BCUT2D eigenvalue weighted by Gasteiger charge is -2.29. The number of anilines is 1. The van der Waals surface area contributed by atoms with E-state index in [1.54, 1.807) is 7.11 Å². The standard InChI is InChI=1S/C15H26N4O/c1-4-12(2)19(9-10-20-3)15-8-7-14(17-18-15)11-16-13-5-6-13/h7-8,12-13,16H,4-6,9-11H2,1-3H3. The van der Waals surface area contributed by atoms with Gasteiger partial charge in [-0.25, -0.2) is 0 Å². The van der Waals surface area contributed by atoms with Gasteiger partial charge in [0.15, 0.2) is 5.82 Å². The lowest BCUT2D eigenvalue weighted by molar-refractivity contribution is 0.203. The van der Waals surface area contributed by atoms with E-state index in [2.05, 4.69) is 46.4 Å². The van der Waals surface area contributed by atoms with E-state index in [0.29, 0.717) is 18.7 Å². The molecule has 1 N–H and O–H groups in total. The quantitative estimate of drug-likeness (QED) is 0.748. The molecule has 20 heavy (non-hydrogen) atoms. The molecule has 0 radical (unpaired) electrons. The summed E-state index contributed by atoms with van der Waals surface area (Å²) in [4.78, 5) is 2.26. The second kappa shape index (κ2) is 7.55. The summed E-state index contributed by atoms with van der Waals surface area (Å²) >= 11 is 0. The number of nitrogens with one attached hydrogen (secondary N) is 1. The van der Waals surface area contributed by atoms with E-state index in [-0.39, 0.29) is 0 Å². The number of methoxy groups -OCH3 is 1. The summed E-state index contributed by atoms with van der Waals surface area (Å²) < 4.78 is 5.18. The third-order valence-corrected chi connectivity index (χ3v) is 3.81. The van der Waals surface area contributed by atoms with Crippen molar-refractivity contribution in [3.63, 3.8) is 0 Å². The van der Waals surface area contributed by atoms with Crippen LogP contribution in [0.25, 0.3) is 0 Å². The number of aromatic nitrogens is 2. The van der Waals surface area contributed by atoms with Crippen molar-refractivity contribution in [1.29, 1.82) is 0 Å². The Morgan fingerprint density at radius 1 is 1.40 bits per heavy atom. The minimum Gasteiger partial charge on any atom is -0.383 e. The molecule has 0 aliphatic heterocycles. The predicted molar refractivity (Wildman–Crippen MR) is 80.9 cm³/mol. The SMILES string of the molecule is CCC(C)N(CCOC)c1ccc(CNC2CC2)nn1. The molecule has 5 nitrogen and oxygen atoms in total. The molecule has 1 fully saturated rings. The summed E-state index contributed by atoms with van der Waals surface area (Å²) in [6.45, 7) is 6.77. The smallest absolute Gasteiger partial charge is 0.151 e. The summed E-state index contributed by atoms with van der Waals surface area (Å²) in [6, 6.07) is 5.28. The van der Waals surface area contributed by atoms with Crippen molar-refractivity contribution >= 4 is 5.82 Å². The van der Waals surface area contributed by atoms with Gasteiger partial charge in [0.1, 0.15) is 0 Å². The van der Waals surface area contributed by atoms with E-state index in [9.17, 15) is 0 Å². The van der Waals surface area contributed by atoms with Crippen LogP contribution in [0.2, 0.25) is 0 Å². The van der Waals surface area contributed by atoms with Crippen LogP contribution in [0, 0.1) is 0 Å². The molecule has 112 valence electrons. The van der Waals surface area contributed by atoms with Gasteiger partial charge in [0.25, 0.3) is 0 Å². The van der Waals surface area contributed by atoms with E-state index >= 15 is 0 Å². The maximum Gasteiger partial charge on any atom is 0.151 e. The highest BCUT2D eigenvalue weighted by molar-refractivity contribution is 5.38. The molecule has 1 aliphatic rings. The Morgan fingerprint density at radius 2 is 2.20 bits per heavy atom. The molecular weight excluding hydrogens is 252 g/mol. The fraction of sp³-hybridized carbons (Fsp3) is 0.733. The third kappa shape index (κ3) is 4.42. The van der Waals surface area contributed by atoms with Gasteiger partial charge in [-0.2, -0.15) is 5.10 Å². The summed E-state index contributed by atoms with van der Waals surface area (Å²) in [5, 5.41) is 12.2. The molecule has 0 amide bonds. The average Bonchev–Trinajstić information content (AvgIpc) is 3.30. The monoisotopic (exact) mass is 278 g/mol. The first-order valence-corrected chi connectivity index (χ1v) is 7.56. The molecular formula is C15H26N4O. The van der Waals surface area contributed by atoms with Crippen LogP contribution in [0.3, 0.4) is 0 Å². The third-order valence-electron chi connectivity index (χ3n) is 3.81. The highest BCUT2D eigenvalue weighted by Gasteiger charge is 2.20. The molecule has 0 aromatic carbocycles. The largest absolute Gasteiger partial charge is 0.383 e. The predicted octanol–water partition coefficient (Wildman–Crippen LogP) is 1.98. The van der Waals surface area contributed by atoms with E-state index in [1.165, 1.54) is 12.8 Å². The molecule has 5 heteroatoms. The van der Waals surface area contributed by atoms with Gasteiger partial charge in [-0.3, -0.25) is 0 Å². The Morgan fingerprint density at radius 3 is 2.75 bits per heavy atom. The van der Waals surface area contributed by atoms with Crippen LogP contribution in [-0.4, -0.2) is 42.5 Å². The summed E-state index contributed by atoms with van der Waals surface area (Å²) in [5.74, 6) is 0.937. The first kappa shape index (κ1) is 15.2. The molecule has 0 saturated heterocycles. The first-order chi connectivity index (χ1) is 9.74. The van der Waals surface area contributed by atoms with Gasteiger partial charge < -0.3 is 15.0 Å². The van der Waals surface area contributed by atoms with Crippen molar-refractivity contribution in [2.75, 3.05) is 25.2 Å². The number of hydrogen-bond donors (Lipinski definition) is 1. The van der Waals surface area contributed by atoms with Crippen molar-refractivity contribution in [1.82, 2.24) is 15.5 Å². The van der Waals surface area contributed by atoms with E-state index < -0.39 is 0 Å². The normalized spacial score (nSPS) is 16.1.